The van der Waals surface area contributed by atoms with E-state index in [4.69, 9.17) is 11.6 Å². The molecule has 0 spiro atoms. The number of hydrogen-bond donors (Lipinski definition) is 0. The van der Waals surface area contributed by atoms with Crippen molar-refractivity contribution < 1.29 is 0 Å². The molecule has 2 aromatic heterocycles. The highest BCUT2D eigenvalue weighted by molar-refractivity contribution is 9.10. The van der Waals surface area contributed by atoms with E-state index in [1.165, 1.54) is 0 Å². The van der Waals surface area contributed by atoms with Gasteiger partial charge in [0.2, 0.25) is 0 Å². The van der Waals surface area contributed by atoms with E-state index in [-0.39, 0.29) is 0 Å². The van der Waals surface area contributed by atoms with Crippen molar-refractivity contribution in [3.63, 3.8) is 0 Å². The number of aryl methyl sites for hydroxylation is 1. The lowest BCUT2D eigenvalue weighted by Crippen LogP contribution is -1.99. The number of nitrogens with zero attached hydrogens (tertiary/aromatic N) is 3. The smallest absolute Gasteiger partial charge is 0.180 e. The summed E-state index contributed by atoms with van der Waals surface area (Å²) in [6.45, 7) is 2.03. The van der Waals surface area contributed by atoms with Gasteiger partial charge in [0.1, 0.15) is 10.8 Å². The summed E-state index contributed by atoms with van der Waals surface area (Å²) in [5.41, 5.74) is 1.64. The first-order chi connectivity index (χ1) is 9.70. The maximum Gasteiger partial charge on any atom is 0.180 e. The molecule has 0 N–H and O–H groups in total. The molecule has 0 amide bonds. The highest BCUT2D eigenvalue weighted by atomic mass is 79.9. The molecule has 0 unspecified atom stereocenters. The Bertz CT molecular complexity index is 784. The monoisotopic (exact) mass is 347 g/mol. The molecule has 3 nitrogen and oxygen atoms in total. The van der Waals surface area contributed by atoms with Crippen LogP contribution in [-0.4, -0.2) is 15.0 Å². The lowest BCUT2D eigenvalue weighted by molar-refractivity contribution is 0.986. The number of pyridine rings is 1. The average molecular weight is 349 g/mol. The SMILES string of the molecule is CCc1nc(-c2nccc3ccccc23)nc(Cl)c1Br. The van der Waals surface area contributed by atoms with Crippen LogP contribution in [0, 0.1) is 0 Å². The summed E-state index contributed by atoms with van der Waals surface area (Å²) in [6, 6.07) is 10.0. The fourth-order valence-electron chi connectivity index (χ4n) is 2.10. The van der Waals surface area contributed by atoms with Gasteiger partial charge in [-0.25, -0.2) is 9.97 Å². The van der Waals surface area contributed by atoms with Gasteiger partial charge in [-0.15, -0.1) is 0 Å². The predicted molar refractivity (Wildman–Crippen MR) is 84.9 cm³/mol. The molecule has 0 atom stereocenters. The van der Waals surface area contributed by atoms with E-state index in [2.05, 4.69) is 30.9 Å². The van der Waals surface area contributed by atoms with Crippen molar-refractivity contribution >= 4 is 38.3 Å². The maximum absolute atomic E-state index is 6.17. The molecule has 5 heteroatoms. The zero-order valence-electron chi connectivity index (χ0n) is 10.8. The minimum atomic E-state index is 0.418. The first-order valence-corrected chi connectivity index (χ1v) is 7.44. The van der Waals surface area contributed by atoms with Crippen LogP contribution in [0.15, 0.2) is 41.0 Å². The minimum Gasteiger partial charge on any atom is -0.252 e. The fourth-order valence-corrected chi connectivity index (χ4v) is 2.75. The van der Waals surface area contributed by atoms with Crippen LogP contribution in [0.25, 0.3) is 22.3 Å². The lowest BCUT2D eigenvalue weighted by Gasteiger charge is -2.08. The first-order valence-electron chi connectivity index (χ1n) is 6.26. The zero-order valence-corrected chi connectivity index (χ0v) is 13.1. The number of hydrogen-bond acceptors (Lipinski definition) is 3. The van der Waals surface area contributed by atoms with E-state index in [0.29, 0.717) is 11.0 Å². The Hall–Kier alpha value is -1.52. The van der Waals surface area contributed by atoms with Crippen molar-refractivity contribution in [1.82, 2.24) is 15.0 Å². The molecule has 3 aromatic rings. The summed E-state index contributed by atoms with van der Waals surface area (Å²) in [7, 11) is 0. The molecule has 0 saturated heterocycles. The second-order valence-corrected chi connectivity index (χ2v) is 5.48. The topological polar surface area (TPSA) is 38.7 Å². The van der Waals surface area contributed by atoms with Crippen LogP contribution in [0.1, 0.15) is 12.6 Å². The van der Waals surface area contributed by atoms with E-state index >= 15 is 0 Å². The Balaban J connectivity index is 2.28. The predicted octanol–water partition coefficient (Wildman–Crippen LogP) is 4.67. The standard InChI is InChI=1S/C15H11BrClN3/c1-2-11-12(16)14(17)20-15(19-11)13-10-6-4-3-5-9(10)7-8-18-13/h3-8H,2H2,1H3. The van der Waals surface area contributed by atoms with Crippen LogP contribution in [-0.2, 0) is 6.42 Å². The van der Waals surface area contributed by atoms with Gasteiger partial charge < -0.3 is 0 Å². The van der Waals surface area contributed by atoms with Crippen LogP contribution in [0.3, 0.4) is 0 Å². The van der Waals surface area contributed by atoms with Crippen molar-refractivity contribution in [3.05, 3.63) is 51.8 Å². The van der Waals surface area contributed by atoms with Crippen LogP contribution in [0.2, 0.25) is 5.15 Å². The third kappa shape index (κ3) is 2.30. The molecule has 0 aliphatic rings. The molecule has 2 heterocycles. The second-order valence-electron chi connectivity index (χ2n) is 4.33. The minimum absolute atomic E-state index is 0.418. The number of rotatable bonds is 2. The third-order valence-electron chi connectivity index (χ3n) is 3.10. The van der Waals surface area contributed by atoms with E-state index < -0.39 is 0 Å². The molecule has 3 rings (SSSR count). The summed E-state index contributed by atoms with van der Waals surface area (Å²) < 4.78 is 0.755. The summed E-state index contributed by atoms with van der Waals surface area (Å²) in [5.74, 6) is 0.562. The molecule has 20 heavy (non-hydrogen) atoms. The van der Waals surface area contributed by atoms with Crippen LogP contribution >= 0.6 is 27.5 Å². The van der Waals surface area contributed by atoms with Crippen molar-refractivity contribution in [2.24, 2.45) is 0 Å². The molecule has 0 aliphatic carbocycles. The Labute approximate surface area is 130 Å². The van der Waals surface area contributed by atoms with Crippen molar-refractivity contribution in [2.45, 2.75) is 13.3 Å². The first kappa shape index (κ1) is 13.5. The van der Waals surface area contributed by atoms with E-state index in [0.717, 1.165) is 33.1 Å². The van der Waals surface area contributed by atoms with E-state index in [1.54, 1.807) is 6.20 Å². The van der Waals surface area contributed by atoms with Gasteiger partial charge in [0.25, 0.3) is 0 Å². The molecule has 0 bridgehead atoms. The Morgan fingerprint density at radius 2 is 1.95 bits per heavy atom. The van der Waals surface area contributed by atoms with Gasteiger partial charge in [0.05, 0.1) is 10.2 Å². The number of aromatic nitrogens is 3. The average Bonchev–Trinajstić information content (AvgIpc) is 2.49. The highest BCUT2D eigenvalue weighted by Gasteiger charge is 2.13. The van der Waals surface area contributed by atoms with Gasteiger partial charge in [-0.3, -0.25) is 4.98 Å². The highest BCUT2D eigenvalue weighted by Crippen LogP contribution is 2.29. The van der Waals surface area contributed by atoms with Gasteiger partial charge >= 0.3 is 0 Å². The summed E-state index contributed by atoms with van der Waals surface area (Å²) in [6.07, 6.45) is 2.54. The molecular weight excluding hydrogens is 338 g/mol. The van der Waals surface area contributed by atoms with Crippen LogP contribution in [0.4, 0.5) is 0 Å². The van der Waals surface area contributed by atoms with Gasteiger partial charge in [-0.1, -0.05) is 42.8 Å². The molecule has 0 aliphatic heterocycles. The molecule has 0 fully saturated rings. The molecule has 0 radical (unpaired) electrons. The van der Waals surface area contributed by atoms with E-state index in [1.807, 2.05) is 37.3 Å². The number of benzene rings is 1. The van der Waals surface area contributed by atoms with Crippen molar-refractivity contribution in [2.75, 3.05) is 0 Å². The van der Waals surface area contributed by atoms with Gasteiger partial charge in [0.15, 0.2) is 5.82 Å². The van der Waals surface area contributed by atoms with Crippen molar-refractivity contribution in [3.8, 4) is 11.5 Å². The summed E-state index contributed by atoms with van der Waals surface area (Å²) >= 11 is 9.59. The lowest BCUT2D eigenvalue weighted by atomic mass is 10.1. The fraction of sp³-hybridized carbons (Fsp3) is 0.133. The zero-order chi connectivity index (χ0) is 14.1. The molecule has 100 valence electrons. The van der Waals surface area contributed by atoms with Gasteiger partial charge in [0, 0.05) is 11.6 Å². The van der Waals surface area contributed by atoms with E-state index in [9.17, 15) is 0 Å². The summed E-state index contributed by atoms with van der Waals surface area (Å²) in [4.78, 5) is 13.3. The van der Waals surface area contributed by atoms with Crippen molar-refractivity contribution in [1.29, 1.82) is 0 Å². The van der Waals surface area contributed by atoms with Gasteiger partial charge in [-0.05, 0) is 33.8 Å². The Morgan fingerprint density at radius 1 is 1.15 bits per heavy atom. The second kappa shape index (κ2) is 5.46. The van der Waals surface area contributed by atoms with Gasteiger partial charge in [-0.2, -0.15) is 0 Å². The number of halogens is 2. The van der Waals surface area contributed by atoms with Crippen LogP contribution < -0.4 is 0 Å². The molecule has 1 aromatic carbocycles. The maximum atomic E-state index is 6.17. The normalized spacial score (nSPS) is 10.9. The third-order valence-corrected chi connectivity index (χ3v) is 4.43. The largest absolute Gasteiger partial charge is 0.252 e. The quantitative estimate of drug-likeness (QED) is 0.632. The summed E-state index contributed by atoms with van der Waals surface area (Å²) in [5, 5.41) is 2.55. The van der Waals surface area contributed by atoms with Crippen LogP contribution in [0.5, 0.6) is 0 Å². The number of fused-ring (bicyclic) bond motifs is 1. The Kier molecular flexibility index (Phi) is 3.68. The molecular formula is C15H11BrClN3. The Morgan fingerprint density at radius 3 is 2.75 bits per heavy atom. The molecule has 0 saturated carbocycles.